The standard InChI is InChI=1S/C20H21N3O4/c1-4-27-14-7-5-13(6-8-14)12-21-23-20(24)17-11-15-16(22-17)9-10-18(25-2)19(15)26-3/h5-12,22H,4H2,1-3H3,(H,23,24). The number of aromatic amines is 1. The lowest BCUT2D eigenvalue weighted by Gasteiger charge is -2.07. The van der Waals surface area contributed by atoms with Gasteiger partial charge in [0.05, 0.1) is 32.6 Å². The number of H-pyrrole nitrogens is 1. The van der Waals surface area contributed by atoms with E-state index in [1.165, 1.54) is 0 Å². The number of nitrogens with zero attached hydrogens (tertiary/aromatic N) is 1. The molecule has 1 amide bonds. The first-order valence-electron chi connectivity index (χ1n) is 8.46. The van der Waals surface area contributed by atoms with Crippen LogP contribution >= 0.6 is 0 Å². The number of methoxy groups -OCH3 is 2. The molecule has 0 spiro atoms. The topological polar surface area (TPSA) is 84.9 Å². The third-order valence-electron chi connectivity index (χ3n) is 3.96. The molecular weight excluding hydrogens is 346 g/mol. The van der Waals surface area contributed by atoms with Gasteiger partial charge in [0.25, 0.3) is 5.91 Å². The van der Waals surface area contributed by atoms with Crippen molar-refractivity contribution in [3.8, 4) is 17.2 Å². The SMILES string of the molecule is CCOc1ccc(C=NNC(=O)c2cc3c(OC)c(OC)ccc3[nH]2)cc1. The molecule has 0 aliphatic heterocycles. The maximum atomic E-state index is 12.3. The van der Waals surface area contributed by atoms with Crippen molar-refractivity contribution >= 4 is 23.0 Å². The number of carbonyl (C=O) groups excluding carboxylic acids is 1. The predicted molar refractivity (Wildman–Crippen MR) is 104 cm³/mol. The molecule has 0 unspecified atom stereocenters. The number of hydrazone groups is 1. The van der Waals surface area contributed by atoms with E-state index in [4.69, 9.17) is 14.2 Å². The summed E-state index contributed by atoms with van der Waals surface area (Å²) < 4.78 is 16.1. The first kappa shape index (κ1) is 18.3. The van der Waals surface area contributed by atoms with Gasteiger partial charge in [-0.15, -0.1) is 0 Å². The van der Waals surface area contributed by atoms with Gasteiger partial charge in [0, 0.05) is 5.39 Å². The lowest BCUT2D eigenvalue weighted by molar-refractivity contribution is 0.0951. The van der Waals surface area contributed by atoms with Crippen LogP contribution in [0.5, 0.6) is 17.2 Å². The molecule has 7 heteroatoms. The fourth-order valence-corrected chi connectivity index (χ4v) is 2.69. The number of amides is 1. The second-order valence-corrected chi connectivity index (χ2v) is 5.65. The van der Waals surface area contributed by atoms with E-state index in [9.17, 15) is 4.79 Å². The number of ether oxygens (including phenoxy) is 3. The van der Waals surface area contributed by atoms with Crippen molar-refractivity contribution in [2.45, 2.75) is 6.92 Å². The van der Waals surface area contributed by atoms with E-state index < -0.39 is 0 Å². The van der Waals surface area contributed by atoms with Gasteiger partial charge in [0.2, 0.25) is 0 Å². The molecule has 0 saturated heterocycles. The number of carbonyl (C=O) groups is 1. The third kappa shape index (κ3) is 4.03. The average molecular weight is 367 g/mol. The molecule has 0 radical (unpaired) electrons. The predicted octanol–water partition coefficient (Wildman–Crippen LogP) is 3.35. The van der Waals surface area contributed by atoms with Crippen molar-refractivity contribution in [1.29, 1.82) is 0 Å². The highest BCUT2D eigenvalue weighted by Crippen LogP contribution is 2.35. The second-order valence-electron chi connectivity index (χ2n) is 5.65. The number of benzene rings is 2. The van der Waals surface area contributed by atoms with Crippen molar-refractivity contribution in [1.82, 2.24) is 10.4 Å². The first-order valence-corrected chi connectivity index (χ1v) is 8.46. The Hall–Kier alpha value is -3.48. The lowest BCUT2D eigenvalue weighted by atomic mass is 10.2. The van der Waals surface area contributed by atoms with Gasteiger partial charge in [-0.1, -0.05) is 0 Å². The van der Waals surface area contributed by atoms with Crippen LogP contribution in [0.3, 0.4) is 0 Å². The van der Waals surface area contributed by atoms with Gasteiger partial charge >= 0.3 is 0 Å². The summed E-state index contributed by atoms with van der Waals surface area (Å²) in [5.74, 6) is 1.61. The molecule has 27 heavy (non-hydrogen) atoms. The van der Waals surface area contributed by atoms with Gasteiger partial charge < -0.3 is 19.2 Å². The maximum Gasteiger partial charge on any atom is 0.287 e. The minimum atomic E-state index is -0.352. The minimum absolute atomic E-state index is 0.352. The Labute approximate surface area is 156 Å². The molecule has 1 aromatic heterocycles. The third-order valence-corrected chi connectivity index (χ3v) is 3.96. The summed E-state index contributed by atoms with van der Waals surface area (Å²) in [5.41, 5.74) is 4.51. The van der Waals surface area contributed by atoms with Crippen LogP contribution in [-0.2, 0) is 0 Å². The van der Waals surface area contributed by atoms with E-state index in [0.29, 0.717) is 23.8 Å². The van der Waals surface area contributed by atoms with E-state index in [2.05, 4.69) is 15.5 Å². The molecular formula is C20H21N3O4. The van der Waals surface area contributed by atoms with Crippen molar-refractivity contribution in [2.24, 2.45) is 5.10 Å². The Morgan fingerprint density at radius 1 is 1.15 bits per heavy atom. The Kier molecular flexibility index (Phi) is 5.61. The van der Waals surface area contributed by atoms with Gasteiger partial charge in [0.15, 0.2) is 11.5 Å². The monoisotopic (exact) mass is 367 g/mol. The molecule has 3 aromatic rings. The normalized spacial score (nSPS) is 10.9. The molecule has 0 saturated carbocycles. The smallest absolute Gasteiger partial charge is 0.287 e. The Morgan fingerprint density at radius 3 is 2.59 bits per heavy atom. The molecule has 1 heterocycles. The lowest BCUT2D eigenvalue weighted by Crippen LogP contribution is -2.17. The number of nitrogens with one attached hydrogen (secondary N) is 2. The van der Waals surface area contributed by atoms with E-state index >= 15 is 0 Å². The Balaban J connectivity index is 1.72. The number of rotatable bonds is 7. The van der Waals surface area contributed by atoms with E-state index in [0.717, 1.165) is 22.2 Å². The maximum absolute atomic E-state index is 12.3. The molecule has 3 rings (SSSR count). The van der Waals surface area contributed by atoms with Gasteiger partial charge in [-0.2, -0.15) is 5.10 Å². The molecule has 140 valence electrons. The Bertz CT molecular complexity index is 961. The van der Waals surface area contributed by atoms with Crippen molar-refractivity contribution < 1.29 is 19.0 Å². The van der Waals surface area contributed by atoms with Gasteiger partial charge in [-0.3, -0.25) is 4.79 Å². The van der Waals surface area contributed by atoms with Gasteiger partial charge in [0.1, 0.15) is 11.4 Å². The Morgan fingerprint density at radius 2 is 1.93 bits per heavy atom. The molecule has 0 fully saturated rings. The van der Waals surface area contributed by atoms with E-state index in [1.54, 1.807) is 32.6 Å². The van der Waals surface area contributed by atoms with Crippen molar-refractivity contribution in [3.63, 3.8) is 0 Å². The summed E-state index contributed by atoms with van der Waals surface area (Å²) in [5, 5.41) is 4.76. The number of hydrogen-bond donors (Lipinski definition) is 2. The second kappa shape index (κ2) is 8.27. The molecule has 0 bridgehead atoms. The first-order chi connectivity index (χ1) is 13.2. The summed E-state index contributed by atoms with van der Waals surface area (Å²) in [7, 11) is 3.13. The van der Waals surface area contributed by atoms with E-state index in [1.807, 2.05) is 37.3 Å². The molecule has 2 N–H and O–H groups in total. The highest BCUT2D eigenvalue weighted by Gasteiger charge is 2.14. The van der Waals surface area contributed by atoms with Crippen LogP contribution in [0.4, 0.5) is 0 Å². The zero-order valence-electron chi connectivity index (χ0n) is 15.4. The van der Waals surface area contributed by atoms with E-state index in [-0.39, 0.29) is 5.91 Å². The zero-order chi connectivity index (χ0) is 19.2. The molecule has 0 atom stereocenters. The van der Waals surface area contributed by atoms with Crippen molar-refractivity contribution in [2.75, 3.05) is 20.8 Å². The average Bonchev–Trinajstić information content (AvgIpc) is 3.13. The summed E-state index contributed by atoms with van der Waals surface area (Å²) in [6.45, 7) is 2.55. The fourth-order valence-electron chi connectivity index (χ4n) is 2.69. The molecule has 7 nitrogen and oxygen atoms in total. The van der Waals surface area contributed by atoms with Crippen LogP contribution < -0.4 is 19.6 Å². The largest absolute Gasteiger partial charge is 0.494 e. The molecule has 2 aromatic carbocycles. The van der Waals surface area contributed by atoms with Crippen LogP contribution in [0.15, 0.2) is 47.6 Å². The highest BCUT2D eigenvalue weighted by molar-refractivity contribution is 6.00. The number of hydrogen-bond acceptors (Lipinski definition) is 5. The van der Waals surface area contributed by atoms with Gasteiger partial charge in [-0.05, 0) is 55.0 Å². The van der Waals surface area contributed by atoms with Crippen LogP contribution in [0.25, 0.3) is 10.9 Å². The summed E-state index contributed by atoms with van der Waals surface area (Å²) >= 11 is 0. The van der Waals surface area contributed by atoms with Crippen LogP contribution in [-0.4, -0.2) is 37.9 Å². The van der Waals surface area contributed by atoms with Crippen LogP contribution in [0.2, 0.25) is 0 Å². The molecule has 0 aliphatic carbocycles. The van der Waals surface area contributed by atoms with Crippen molar-refractivity contribution in [3.05, 3.63) is 53.7 Å². The summed E-state index contributed by atoms with van der Waals surface area (Å²) in [4.78, 5) is 15.4. The quantitative estimate of drug-likeness (QED) is 0.495. The number of aromatic nitrogens is 1. The number of fused-ring (bicyclic) bond motifs is 1. The molecule has 0 aliphatic rings. The van der Waals surface area contributed by atoms with Crippen LogP contribution in [0, 0.1) is 0 Å². The fraction of sp³-hybridized carbons (Fsp3) is 0.200. The van der Waals surface area contributed by atoms with Gasteiger partial charge in [-0.25, -0.2) is 5.43 Å². The highest BCUT2D eigenvalue weighted by atomic mass is 16.5. The summed E-state index contributed by atoms with van der Waals surface area (Å²) in [6, 6.07) is 12.7. The minimum Gasteiger partial charge on any atom is -0.494 e. The summed E-state index contributed by atoms with van der Waals surface area (Å²) in [6.07, 6.45) is 1.57. The zero-order valence-corrected chi connectivity index (χ0v) is 15.4. The van der Waals surface area contributed by atoms with Crippen LogP contribution in [0.1, 0.15) is 23.0 Å².